The molecule has 4 rings (SSSR count). The van der Waals surface area contributed by atoms with E-state index in [4.69, 9.17) is 0 Å². The van der Waals surface area contributed by atoms with Gasteiger partial charge in [0.15, 0.2) is 0 Å². The van der Waals surface area contributed by atoms with Gasteiger partial charge in [0, 0.05) is 38.4 Å². The Hall–Kier alpha value is -2.67. The highest BCUT2D eigenvalue weighted by Gasteiger charge is 2.51. The van der Waals surface area contributed by atoms with Gasteiger partial charge in [-0.1, -0.05) is 24.3 Å². The Balaban J connectivity index is 1.38. The molecule has 0 aliphatic carbocycles. The maximum absolute atomic E-state index is 11.8. The van der Waals surface area contributed by atoms with Crippen LogP contribution in [0.1, 0.15) is 30.4 Å². The normalized spacial score (nSPS) is 22.1. The molecular weight excluding hydrogens is 344 g/mol. The van der Waals surface area contributed by atoms with E-state index >= 15 is 0 Å². The highest BCUT2D eigenvalue weighted by atomic mass is 16.4. The number of rotatable bonds is 5. The maximum atomic E-state index is 11.8. The maximum Gasteiger partial charge on any atom is 0.309 e. The molecule has 2 aromatic rings. The third-order valence-electron chi connectivity index (χ3n) is 5.79. The van der Waals surface area contributed by atoms with E-state index in [1.54, 1.807) is 6.20 Å². The van der Waals surface area contributed by atoms with Gasteiger partial charge in [0.05, 0.1) is 18.0 Å². The van der Waals surface area contributed by atoms with Crippen LogP contribution in [0.2, 0.25) is 0 Å². The first-order valence-corrected chi connectivity index (χ1v) is 9.35. The van der Waals surface area contributed by atoms with E-state index in [0.717, 1.165) is 26.2 Å². The van der Waals surface area contributed by atoms with Gasteiger partial charge in [-0.05, 0) is 30.0 Å². The Morgan fingerprint density at radius 3 is 2.63 bits per heavy atom. The standard InChI is InChI=1S/C20H24N4O3/c25-18-12-17(19(26)27)20(22-18)5-9-23(10-6-20)13-15-3-1-4-16(11-15)14-24-8-2-7-21-24/h1-4,7-8,11,17H,5-6,9-10,12-14H2,(H,22,25)(H,26,27). The molecule has 0 saturated carbocycles. The number of nitrogens with zero attached hydrogens (tertiary/aromatic N) is 3. The first-order chi connectivity index (χ1) is 13.0. The predicted octanol–water partition coefficient (Wildman–Crippen LogP) is 1.49. The van der Waals surface area contributed by atoms with Crippen molar-refractivity contribution < 1.29 is 14.7 Å². The number of aromatic nitrogens is 2. The van der Waals surface area contributed by atoms with Gasteiger partial charge in [-0.3, -0.25) is 19.2 Å². The van der Waals surface area contributed by atoms with Gasteiger partial charge in [0.25, 0.3) is 0 Å². The van der Waals surface area contributed by atoms with Gasteiger partial charge >= 0.3 is 5.97 Å². The lowest BCUT2D eigenvalue weighted by atomic mass is 9.77. The number of hydrogen-bond acceptors (Lipinski definition) is 4. The largest absolute Gasteiger partial charge is 0.481 e. The van der Waals surface area contributed by atoms with Crippen molar-refractivity contribution in [3.05, 3.63) is 53.9 Å². The summed E-state index contributed by atoms with van der Waals surface area (Å²) in [6, 6.07) is 10.4. The average molecular weight is 368 g/mol. The molecule has 2 aliphatic heterocycles. The van der Waals surface area contributed by atoms with Crippen LogP contribution >= 0.6 is 0 Å². The molecule has 0 bridgehead atoms. The van der Waals surface area contributed by atoms with E-state index in [0.29, 0.717) is 12.8 Å². The molecule has 3 heterocycles. The first kappa shape index (κ1) is 17.7. The van der Waals surface area contributed by atoms with Gasteiger partial charge in [-0.25, -0.2) is 0 Å². The van der Waals surface area contributed by atoms with Crippen molar-refractivity contribution in [3.63, 3.8) is 0 Å². The van der Waals surface area contributed by atoms with Gasteiger partial charge in [0.2, 0.25) is 5.91 Å². The fourth-order valence-corrected chi connectivity index (χ4v) is 4.37. The summed E-state index contributed by atoms with van der Waals surface area (Å²) in [6.07, 6.45) is 5.20. The molecule has 2 N–H and O–H groups in total. The number of carboxylic acids is 1. The summed E-state index contributed by atoms with van der Waals surface area (Å²) in [5.74, 6) is -1.61. The lowest BCUT2D eigenvalue weighted by molar-refractivity contribution is -0.144. The quantitative estimate of drug-likeness (QED) is 0.835. The van der Waals surface area contributed by atoms with E-state index < -0.39 is 17.4 Å². The summed E-state index contributed by atoms with van der Waals surface area (Å²) < 4.78 is 1.90. The third-order valence-corrected chi connectivity index (χ3v) is 5.79. The van der Waals surface area contributed by atoms with E-state index in [1.165, 1.54) is 11.1 Å². The minimum atomic E-state index is -0.867. The second-order valence-corrected chi connectivity index (χ2v) is 7.60. The van der Waals surface area contributed by atoms with Crippen LogP contribution in [0.25, 0.3) is 0 Å². The Labute approximate surface area is 158 Å². The number of aliphatic carboxylic acids is 1. The Morgan fingerprint density at radius 1 is 1.22 bits per heavy atom. The zero-order chi connectivity index (χ0) is 18.9. The molecule has 1 atom stereocenters. The van der Waals surface area contributed by atoms with Crippen LogP contribution in [-0.2, 0) is 22.7 Å². The van der Waals surface area contributed by atoms with E-state index in [-0.39, 0.29) is 12.3 Å². The van der Waals surface area contributed by atoms with Crippen molar-refractivity contribution in [2.75, 3.05) is 13.1 Å². The van der Waals surface area contributed by atoms with E-state index in [9.17, 15) is 14.7 Å². The van der Waals surface area contributed by atoms with Crippen molar-refractivity contribution in [1.29, 1.82) is 0 Å². The van der Waals surface area contributed by atoms with Crippen LogP contribution in [0, 0.1) is 5.92 Å². The first-order valence-electron chi connectivity index (χ1n) is 9.35. The molecule has 0 radical (unpaired) electrons. The highest BCUT2D eigenvalue weighted by molar-refractivity contribution is 5.88. The fraction of sp³-hybridized carbons (Fsp3) is 0.450. The van der Waals surface area contributed by atoms with Crippen molar-refractivity contribution in [1.82, 2.24) is 20.0 Å². The second-order valence-electron chi connectivity index (χ2n) is 7.60. The number of carboxylic acid groups (broad SMARTS) is 1. The van der Waals surface area contributed by atoms with Crippen molar-refractivity contribution >= 4 is 11.9 Å². The summed E-state index contributed by atoms with van der Waals surface area (Å²) in [5, 5.41) is 16.7. The van der Waals surface area contributed by atoms with Crippen LogP contribution in [0.15, 0.2) is 42.7 Å². The molecule has 1 aromatic heterocycles. The molecule has 7 heteroatoms. The molecule has 2 saturated heterocycles. The molecule has 7 nitrogen and oxygen atoms in total. The van der Waals surface area contributed by atoms with Crippen LogP contribution in [-0.4, -0.2) is 50.3 Å². The number of carbonyl (C=O) groups is 2. The number of piperidine rings is 1. The predicted molar refractivity (Wildman–Crippen MR) is 98.9 cm³/mol. The summed E-state index contributed by atoms with van der Waals surface area (Å²) in [7, 11) is 0. The molecule has 2 aliphatic rings. The van der Waals surface area contributed by atoms with Crippen LogP contribution < -0.4 is 5.32 Å². The summed E-state index contributed by atoms with van der Waals surface area (Å²) in [6.45, 7) is 3.14. The molecule has 1 aromatic carbocycles. The van der Waals surface area contributed by atoms with Crippen molar-refractivity contribution in [2.24, 2.45) is 5.92 Å². The van der Waals surface area contributed by atoms with Gasteiger partial charge in [-0.2, -0.15) is 5.10 Å². The Kier molecular flexibility index (Phi) is 4.70. The van der Waals surface area contributed by atoms with Gasteiger partial charge in [-0.15, -0.1) is 0 Å². The van der Waals surface area contributed by atoms with Gasteiger partial charge in [0.1, 0.15) is 0 Å². The number of likely N-dealkylation sites (tertiary alicyclic amines) is 1. The Bertz CT molecular complexity index is 826. The van der Waals surface area contributed by atoms with Crippen LogP contribution in [0.3, 0.4) is 0 Å². The minimum Gasteiger partial charge on any atom is -0.481 e. The average Bonchev–Trinajstić information content (AvgIpc) is 3.25. The highest BCUT2D eigenvalue weighted by Crippen LogP contribution is 2.37. The molecule has 1 spiro atoms. The zero-order valence-electron chi connectivity index (χ0n) is 15.2. The smallest absolute Gasteiger partial charge is 0.309 e. The zero-order valence-corrected chi connectivity index (χ0v) is 15.2. The van der Waals surface area contributed by atoms with Crippen molar-refractivity contribution in [3.8, 4) is 0 Å². The number of carbonyl (C=O) groups excluding carboxylic acids is 1. The summed E-state index contributed by atoms with van der Waals surface area (Å²) >= 11 is 0. The lowest BCUT2D eigenvalue weighted by Gasteiger charge is -2.41. The molecular formula is C20H24N4O3. The van der Waals surface area contributed by atoms with E-state index in [1.807, 2.05) is 16.9 Å². The lowest BCUT2D eigenvalue weighted by Crippen LogP contribution is -2.55. The van der Waals surface area contributed by atoms with Crippen molar-refractivity contribution in [2.45, 2.75) is 37.9 Å². The molecule has 142 valence electrons. The number of nitrogens with one attached hydrogen (secondary N) is 1. The van der Waals surface area contributed by atoms with E-state index in [2.05, 4.69) is 39.6 Å². The fourth-order valence-electron chi connectivity index (χ4n) is 4.37. The van der Waals surface area contributed by atoms with Gasteiger partial charge < -0.3 is 10.4 Å². The number of hydrogen-bond donors (Lipinski definition) is 2. The van der Waals surface area contributed by atoms with Crippen LogP contribution in [0.5, 0.6) is 0 Å². The monoisotopic (exact) mass is 368 g/mol. The number of amides is 1. The SMILES string of the molecule is O=C1CC(C(=O)O)C2(CCN(Cc3cccc(Cn4cccn4)c3)CC2)N1. The molecule has 1 amide bonds. The number of benzene rings is 1. The molecule has 27 heavy (non-hydrogen) atoms. The second kappa shape index (κ2) is 7.15. The molecule has 2 fully saturated rings. The third kappa shape index (κ3) is 3.73. The summed E-state index contributed by atoms with van der Waals surface area (Å²) in [5.41, 5.74) is 1.88. The van der Waals surface area contributed by atoms with Crippen LogP contribution in [0.4, 0.5) is 0 Å². The Morgan fingerprint density at radius 2 is 1.96 bits per heavy atom. The minimum absolute atomic E-state index is 0.102. The summed E-state index contributed by atoms with van der Waals surface area (Å²) in [4.78, 5) is 25.7. The topological polar surface area (TPSA) is 87.5 Å². The molecule has 1 unspecified atom stereocenters.